The number of amides is 1. The van der Waals surface area contributed by atoms with E-state index >= 15 is 0 Å². The number of ether oxygens (including phenoxy) is 4. The lowest BCUT2D eigenvalue weighted by atomic mass is 9.95. The molecule has 2 aromatic rings. The summed E-state index contributed by atoms with van der Waals surface area (Å²) in [6, 6.07) is 11.4. The van der Waals surface area contributed by atoms with Gasteiger partial charge in [-0.2, -0.15) is 0 Å². The molecule has 38 heavy (non-hydrogen) atoms. The van der Waals surface area contributed by atoms with Crippen LogP contribution >= 0.6 is 0 Å². The van der Waals surface area contributed by atoms with Crippen molar-refractivity contribution in [3.63, 3.8) is 0 Å². The molecule has 2 fully saturated rings. The molecule has 5 rings (SSSR count). The monoisotopic (exact) mass is 522 g/mol. The van der Waals surface area contributed by atoms with Crippen LogP contribution in [0.25, 0.3) is 5.76 Å². The summed E-state index contributed by atoms with van der Waals surface area (Å²) in [6.07, 6.45) is 1.56. The van der Waals surface area contributed by atoms with Crippen LogP contribution in [0.3, 0.4) is 0 Å². The molecule has 1 amide bonds. The van der Waals surface area contributed by atoms with E-state index in [0.29, 0.717) is 55.6 Å². The topological polar surface area (TPSA) is 102 Å². The van der Waals surface area contributed by atoms with Gasteiger partial charge in [0, 0.05) is 18.5 Å². The Kier molecular flexibility index (Phi) is 8.14. The molecule has 1 N–H and O–H groups in total. The number of Topliss-reactive ketones (excluding diaryl/α,β-unsaturated/α-hetero) is 1. The summed E-state index contributed by atoms with van der Waals surface area (Å²) in [7, 11) is 0. The highest BCUT2D eigenvalue weighted by Crippen LogP contribution is 2.41. The lowest BCUT2D eigenvalue weighted by Crippen LogP contribution is -3.14. The van der Waals surface area contributed by atoms with Crippen LogP contribution in [0.1, 0.15) is 36.9 Å². The zero-order valence-electron chi connectivity index (χ0n) is 21.7. The molecule has 0 spiro atoms. The Hall–Kier alpha value is -3.56. The molecule has 0 bridgehead atoms. The van der Waals surface area contributed by atoms with Crippen molar-refractivity contribution in [1.82, 2.24) is 4.90 Å². The van der Waals surface area contributed by atoms with E-state index in [1.807, 2.05) is 31.2 Å². The third kappa shape index (κ3) is 5.49. The first-order valence-corrected chi connectivity index (χ1v) is 13.4. The van der Waals surface area contributed by atoms with Gasteiger partial charge in [-0.25, -0.2) is 0 Å². The average molecular weight is 523 g/mol. The fraction of sp³-hybridized carbons (Fsp3) is 0.448. The second kappa shape index (κ2) is 11.9. The smallest absolute Gasteiger partial charge is 0.295 e. The van der Waals surface area contributed by atoms with Gasteiger partial charge < -0.3 is 33.9 Å². The molecular weight excluding hydrogens is 488 g/mol. The van der Waals surface area contributed by atoms with E-state index in [1.54, 1.807) is 23.1 Å². The molecular formula is C29H34N2O7. The van der Waals surface area contributed by atoms with Gasteiger partial charge >= 0.3 is 0 Å². The number of nitrogens with one attached hydrogen (secondary N) is 1. The van der Waals surface area contributed by atoms with Crippen molar-refractivity contribution in [2.75, 3.05) is 59.2 Å². The standard InChI is InChI=1S/C29H34N2O7/c1-2-13-36-22-6-3-5-20(18-22)26-25(27(32)21-7-8-23-24(19-21)38-17-16-37-23)28(33)29(34)31(26)10-4-9-30-11-14-35-15-12-30/h3,5-8,18-19,26,32H,2,4,9-17H2,1H3. The van der Waals surface area contributed by atoms with E-state index in [4.69, 9.17) is 18.9 Å². The van der Waals surface area contributed by atoms with Crippen molar-refractivity contribution in [3.05, 3.63) is 59.2 Å². The third-order valence-corrected chi connectivity index (χ3v) is 7.11. The van der Waals surface area contributed by atoms with E-state index in [0.717, 1.165) is 39.3 Å². The maximum atomic E-state index is 13.8. The normalized spacial score (nSPS) is 21.1. The quantitative estimate of drug-likeness (QED) is 0.295. The van der Waals surface area contributed by atoms with Gasteiger partial charge in [-0.3, -0.25) is 9.59 Å². The zero-order valence-corrected chi connectivity index (χ0v) is 21.7. The van der Waals surface area contributed by atoms with Crippen LogP contribution < -0.4 is 24.2 Å². The lowest BCUT2D eigenvalue weighted by molar-refractivity contribution is -0.908. The Bertz CT molecular complexity index is 1210. The molecule has 3 aliphatic heterocycles. The maximum absolute atomic E-state index is 13.8. The number of rotatable bonds is 9. The Morgan fingerprint density at radius 3 is 2.63 bits per heavy atom. The summed E-state index contributed by atoms with van der Waals surface area (Å²) in [6.45, 7) is 7.92. The number of morpholine rings is 1. The number of quaternary nitrogens is 1. The molecule has 9 nitrogen and oxygen atoms in total. The number of nitrogens with zero attached hydrogens (tertiary/aromatic N) is 1. The van der Waals surface area contributed by atoms with Gasteiger partial charge in [-0.15, -0.1) is 0 Å². The van der Waals surface area contributed by atoms with Crippen LogP contribution in [0, 0.1) is 0 Å². The Morgan fingerprint density at radius 1 is 1.05 bits per heavy atom. The summed E-state index contributed by atoms with van der Waals surface area (Å²) in [5.41, 5.74) is 0.920. The second-order valence-corrected chi connectivity index (χ2v) is 9.72. The van der Waals surface area contributed by atoms with Crippen LogP contribution in [0.15, 0.2) is 48.0 Å². The van der Waals surface area contributed by atoms with Crippen molar-refractivity contribution in [2.45, 2.75) is 25.8 Å². The Balaban J connectivity index is 1.49. The van der Waals surface area contributed by atoms with Crippen molar-refractivity contribution >= 4 is 17.4 Å². The summed E-state index contributed by atoms with van der Waals surface area (Å²) >= 11 is 0. The molecule has 0 aliphatic carbocycles. The number of benzene rings is 2. The Morgan fingerprint density at radius 2 is 1.84 bits per heavy atom. The summed E-state index contributed by atoms with van der Waals surface area (Å²) in [5.74, 6) is -0.236. The zero-order chi connectivity index (χ0) is 26.5. The van der Waals surface area contributed by atoms with Crippen LogP contribution in [0.2, 0.25) is 0 Å². The number of ketones is 1. The van der Waals surface area contributed by atoms with Gasteiger partial charge in [-0.1, -0.05) is 30.9 Å². The molecule has 9 heteroatoms. The second-order valence-electron chi connectivity index (χ2n) is 9.72. The summed E-state index contributed by atoms with van der Waals surface area (Å²) in [4.78, 5) is 29.6. The highest BCUT2D eigenvalue weighted by atomic mass is 16.6. The average Bonchev–Trinajstić information content (AvgIpc) is 3.21. The first kappa shape index (κ1) is 26.1. The van der Waals surface area contributed by atoms with E-state index in [9.17, 15) is 14.7 Å². The molecule has 0 aromatic heterocycles. The Labute approximate surface area is 222 Å². The van der Waals surface area contributed by atoms with Gasteiger partial charge in [0.25, 0.3) is 5.91 Å². The maximum Gasteiger partial charge on any atom is 0.295 e. The van der Waals surface area contributed by atoms with Gasteiger partial charge in [-0.05, 0) is 41.8 Å². The molecule has 1 unspecified atom stereocenters. The molecule has 3 heterocycles. The molecule has 202 valence electrons. The van der Waals surface area contributed by atoms with E-state index in [-0.39, 0.29) is 11.1 Å². The minimum atomic E-state index is -0.791. The van der Waals surface area contributed by atoms with Crippen molar-refractivity contribution in [2.24, 2.45) is 0 Å². The predicted octanol–water partition coefficient (Wildman–Crippen LogP) is 0.776. The van der Waals surface area contributed by atoms with E-state index in [2.05, 4.69) is 0 Å². The van der Waals surface area contributed by atoms with Crippen LogP contribution in [0.5, 0.6) is 17.2 Å². The number of carbonyl (C=O) groups excluding carboxylic acids is 2. The van der Waals surface area contributed by atoms with Gasteiger partial charge in [0.05, 0.1) is 32.4 Å². The van der Waals surface area contributed by atoms with Crippen molar-refractivity contribution in [3.8, 4) is 17.2 Å². The van der Waals surface area contributed by atoms with Crippen LogP contribution in [-0.2, 0) is 14.3 Å². The van der Waals surface area contributed by atoms with E-state index in [1.165, 1.54) is 4.90 Å². The summed E-state index contributed by atoms with van der Waals surface area (Å²) in [5, 5.41) is 13.8. The third-order valence-electron chi connectivity index (χ3n) is 7.11. The highest BCUT2D eigenvalue weighted by Gasteiger charge is 2.44. The van der Waals surface area contributed by atoms with Gasteiger partial charge in [0.1, 0.15) is 32.1 Å². The fourth-order valence-electron chi connectivity index (χ4n) is 5.19. The summed E-state index contributed by atoms with van der Waals surface area (Å²) < 4.78 is 22.5. The SMILES string of the molecule is CCCOc1cccc(C2C(=C([O-])c3ccc4c(c3)OCCO4)C(=O)C(=O)N2CCC[NH+]2CCOCC2)c1. The van der Waals surface area contributed by atoms with Crippen molar-refractivity contribution < 1.29 is 38.5 Å². The van der Waals surface area contributed by atoms with Crippen molar-refractivity contribution in [1.29, 1.82) is 0 Å². The molecule has 3 aliphatic rings. The predicted molar refractivity (Wildman–Crippen MR) is 137 cm³/mol. The minimum absolute atomic E-state index is 0.0435. The number of fused-ring (bicyclic) bond motifs is 1. The minimum Gasteiger partial charge on any atom is -0.872 e. The van der Waals surface area contributed by atoms with Gasteiger partial charge in [0.2, 0.25) is 5.78 Å². The number of hydrogen-bond donors (Lipinski definition) is 1. The first-order chi connectivity index (χ1) is 18.6. The van der Waals surface area contributed by atoms with Crippen LogP contribution in [0.4, 0.5) is 0 Å². The fourth-order valence-corrected chi connectivity index (χ4v) is 5.19. The van der Waals surface area contributed by atoms with Crippen LogP contribution in [-0.4, -0.2) is 75.8 Å². The van der Waals surface area contributed by atoms with Gasteiger partial charge in [0.15, 0.2) is 11.5 Å². The highest BCUT2D eigenvalue weighted by molar-refractivity contribution is 6.46. The molecule has 0 radical (unpaired) electrons. The number of hydrogen-bond acceptors (Lipinski definition) is 7. The molecule has 1 atom stereocenters. The van der Waals surface area contributed by atoms with E-state index < -0.39 is 23.5 Å². The molecule has 2 saturated heterocycles. The first-order valence-electron chi connectivity index (χ1n) is 13.4. The number of likely N-dealkylation sites (tertiary alicyclic amines) is 1. The number of carbonyl (C=O) groups is 2. The largest absolute Gasteiger partial charge is 0.872 e. The molecule has 0 saturated carbocycles. The lowest BCUT2D eigenvalue weighted by Gasteiger charge is -2.29. The molecule has 2 aromatic carbocycles.